The van der Waals surface area contributed by atoms with Gasteiger partial charge in [-0.3, -0.25) is 9.69 Å². The number of aliphatic carboxylic acids is 1. The monoisotopic (exact) mass is 553 g/mol. The lowest BCUT2D eigenvalue weighted by molar-refractivity contribution is -0.138. The zero-order valence-electron chi connectivity index (χ0n) is 20.3. The van der Waals surface area contributed by atoms with Crippen molar-refractivity contribution in [2.45, 2.75) is 38.4 Å². The first-order valence-electron chi connectivity index (χ1n) is 11.8. The molecule has 1 N–H and O–H groups in total. The van der Waals surface area contributed by atoms with Crippen molar-refractivity contribution in [3.8, 4) is 5.75 Å². The van der Waals surface area contributed by atoms with Crippen LogP contribution in [0.25, 0.3) is 0 Å². The summed E-state index contributed by atoms with van der Waals surface area (Å²) in [5, 5.41) is 9.32. The van der Waals surface area contributed by atoms with E-state index in [4.69, 9.17) is 33.0 Å². The predicted molar refractivity (Wildman–Crippen MR) is 139 cm³/mol. The Bertz CT molecular complexity index is 1190. The molecule has 1 unspecified atom stereocenters. The van der Waals surface area contributed by atoms with Crippen LogP contribution < -0.4 is 4.74 Å². The number of halogens is 5. The van der Waals surface area contributed by atoms with Crippen LogP contribution in [0, 0.1) is 0 Å². The second-order valence-corrected chi connectivity index (χ2v) is 9.70. The van der Waals surface area contributed by atoms with Crippen molar-refractivity contribution >= 4 is 29.2 Å². The van der Waals surface area contributed by atoms with Crippen molar-refractivity contribution in [2.75, 3.05) is 19.7 Å². The first kappa shape index (κ1) is 28.8. The molecule has 3 aromatic rings. The summed E-state index contributed by atoms with van der Waals surface area (Å²) in [6.07, 6.45) is -4.02. The number of hydrogen-bond acceptors (Lipinski definition) is 3. The summed E-state index contributed by atoms with van der Waals surface area (Å²) in [6.45, 7) is 3.80. The molecule has 37 heavy (non-hydrogen) atoms. The maximum atomic E-state index is 13.4. The first-order valence-corrected chi connectivity index (χ1v) is 12.5. The molecule has 0 saturated heterocycles. The zero-order chi connectivity index (χ0) is 27.0. The molecular weight excluding hydrogens is 526 g/mol. The smallest absolute Gasteiger partial charge is 0.417 e. The van der Waals surface area contributed by atoms with E-state index in [1.54, 1.807) is 30.3 Å². The van der Waals surface area contributed by atoms with Crippen LogP contribution in [0.15, 0.2) is 66.7 Å². The normalized spacial score (nSPS) is 12.5. The van der Waals surface area contributed by atoms with Crippen LogP contribution in [-0.2, 0) is 23.9 Å². The van der Waals surface area contributed by atoms with E-state index < -0.39 is 17.7 Å². The molecular formula is C28H28Cl2F3NO3. The number of carboxylic acid groups (broad SMARTS) is 1. The van der Waals surface area contributed by atoms with Gasteiger partial charge in [-0.2, -0.15) is 13.2 Å². The average Bonchev–Trinajstić information content (AvgIpc) is 2.82. The summed E-state index contributed by atoms with van der Waals surface area (Å²) in [5.74, 6) is -0.257. The minimum atomic E-state index is -4.53. The largest absolute Gasteiger partial charge is 0.494 e. The fourth-order valence-electron chi connectivity index (χ4n) is 4.08. The molecule has 4 nitrogen and oxygen atoms in total. The van der Waals surface area contributed by atoms with E-state index in [1.165, 1.54) is 6.07 Å². The summed E-state index contributed by atoms with van der Waals surface area (Å²) in [4.78, 5) is 13.0. The van der Waals surface area contributed by atoms with Gasteiger partial charge in [0.15, 0.2) is 0 Å². The first-order chi connectivity index (χ1) is 17.5. The summed E-state index contributed by atoms with van der Waals surface area (Å²) < 4.78 is 46.0. The quantitative estimate of drug-likeness (QED) is 0.233. The van der Waals surface area contributed by atoms with E-state index in [0.29, 0.717) is 48.0 Å². The van der Waals surface area contributed by atoms with Gasteiger partial charge in [0.2, 0.25) is 0 Å². The summed E-state index contributed by atoms with van der Waals surface area (Å²) >= 11 is 12.2. The number of nitrogens with zero attached hydrogens (tertiary/aromatic N) is 1. The van der Waals surface area contributed by atoms with Crippen molar-refractivity contribution in [2.24, 2.45) is 0 Å². The van der Waals surface area contributed by atoms with Gasteiger partial charge in [0.1, 0.15) is 5.75 Å². The molecule has 0 fully saturated rings. The Hall–Kier alpha value is -2.74. The second-order valence-electron chi connectivity index (χ2n) is 8.88. The topological polar surface area (TPSA) is 49.8 Å². The lowest BCUT2D eigenvalue weighted by Crippen LogP contribution is -2.30. The molecule has 0 bridgehead atoms. The molecule has 9 heteroatoms. The molecule has 0 aliphatic heterocycles. The Morgan fingerprint density at radius 3 is 2.43 bits per heavy atom. The second kappa shape index (κ2) is 13.2. The standard InChI is InChI=1S/C28H28Cl2F3NO3/c1-19(21-9-11-23(29)12-10-21)17-34(18-22-6-3-8-25(27(22)30)28(31,32)33)13-4-14-37-24-7-2-5-20(15-24)16-26(35)36/h2-3,5-12,15,19H,4,13-14,16-18H2,1H3,(H,35,36). The van der Waals surface area contributed by atoms with Crippen molar-refractivity contribution in [1.82, 2.24) is 4.90 Å². The molecule has 0 aromatic heterocycles. The van der Waals surface area contributed by atoms with Crippen molar-refractivity contribution < 1.29 is 27.8 Å². The van der Waals surface area contributed by atoms with Gasteiger partial charge in [-0.1, -0.05) is 66.5 Å². The fourth-order valence-corrected chi connectivity index (χ4v) is 4.50. The molecule has 1 atom stereocenters. The summed E-state index contributed by atoms with van der Waals surface area (Å²) in [6, 6.07) is 18.4. The molecule has 3 aromatic carbocycles. The van der Waals surface area contributed by atoms with Gasteiger partial charge in [0, 0.05) is 24.7 Å². The highest BCUT2D eigenvalue weighted by Gasteiger charge is 2.34. The zero-order valence-corrected chi connectivity index (χ0v) is 21.8. The van der Waals surface area contributed by atoms with Gasteiger partial charge in [0.05, 0.1) is 23.6 Å². The fraction of sp³-hybridized carbons (Fsp3) is 0.321. The number of ether oxygens (including phenoxy) is 1. The van der Waals surface area contributed by atoms with Crippen molar-refractivity contribution in [1.29, 1.82) is 0 Å². The summed E-state index contributed by atoms with van der Waals surface area (Å²) in [5.41, 5.74) is 1.27. The van der Waals surface area contributed by atoms with E-state index in [1.807, 2.05) is 24.3 Å². The van der Waals surface area contributed by atoms with Crippen LogP contribution in [0.2, 0.25) is 10.0 Å². The molecule has 0 saturated carbocycles. The predicted octanol–water partition coefficient (Wildman–Crippen LogP) is 7.71. The maximum Gasteiger partial charge on any atom is 0.417 e. The van der Waals surface area contributed by atoms with E-state index in [2.05, 4.69) is 11.8 Å². The highest BCUT2D eigenvalue weighted by molar-refractivity contribution is 6.32. The number of alkyl halides is 3. The number of hydrogen-bond donors (Lipinski definition) is 1. The van der Waals surface area contributed by atoms with Gasteiger partial charge < -0.3 is 9.84 Å². The third kappa shape index (κ3) is 8.95. The molecule has 0 radical (unpaired) electrons. The third-order valence-electron chi connectivity index (χ3n) is 5.89. The van der Waals surface area contributed by atoms with Crippen LogP contribution in [0.5, 0.6) is 5.75 Å². The third-order valence-corrected chi connectivity index (χ3v) is 6.59. The van der Waals surface area contributed by atoms with Crippen LogP contribution in [0.1, 0.15) is 41.5 Å². The molecule has 0 amide bonds. The van der Waals surface area contributed by atoms with Crippen LogP contribution >= 0.6 is 23.2 Å². The van der Waals surface area contributed by atoms with Crippen LogP contribution in [0.3, 0.4) is 0 Å². The molecule has 0 aliphatic rings. The minimum Gasteiger partial charge on any atom is -0.494 e. The lowest BCUT2D eigenvalue weighted by Gasteiger charge is -2.27. The molecule has 0 aliphatic carbocycles. The Morgan fingerprint density at radius 1 is 1.05 bits per heavy atom. The Morgan fingerprint density at radius 2 is 1.76 bits per heavy atom. The number of rotatable bonds is 12. The summed E-state index contributed by atoms with van der Waals surface area (Å²) in [7, 11) is 0. The molecule has 0 spiro atoms. The highest BCUT2D eigenvalue weighted by atomic mass is 35.5. The van der Waals surface area contributed by atoms with Gasteiger partial charge in [-0.15, -0.1) is 0 Å². The Kier molecular flexibility index (Phi) is 10.3. The number of carboxylic acids is 1. The van der Waals surface area contributed by atoms with E-state index in [9.17, 15) is 18.0 Å². The molecule has 198 valence electrons. The number of benzene rings is 3. The van der Waals surface area contributed by atoms with Gasteiger partial charge in [-0.05, 0) is 59.4 Å². The van der Waals surface area contributed by atoms with Crippen LogP contribution in [-0.4, -0.2) is 35.7 Å². The SMILES string of the molecule is CC(CN(CCCOc1cccc(CC(=O)O)c1)Cc1cccc(C(F)(F)F)c1Cl)c1ccc(Cl)cc1. The molecule has 3 rings (SSSR count). The Balaban J connectivity index is 1.69. The van der Waals surface area contributed by atoms with E-state index >= 15 is 0 Å². The lowest BCUT2D eigenvalue weighted by atomic mass is 10.00. The van der Waals surface area contributed by atoms with E-state index in [-0.39, 0.29) is 23.9 Å². The minimum absolute atomic E-state index is 0.0920. The number of carbonyl (C=O) groups is 1. The van der Waals surface area contributed by atoms with Crippen molar-refractivity contribution in [3.05, 3.63) is 99.0 Å². The maximum absolute atomic E-state index is 13.4. The van der Waals surface area contributed by atoms with Crippen molar-refractivity contribution in [3.63, 3.8) is 0 Å². The average molecular weight is 554 g/mol. The van der Waals surface area contributed by atoms with Crippen LogP contribution in [0.4, 0.5) is 13.2 Å². The Labute approximate surface area is 224 Å². The highest BCUT2D eigenvalue weighted by Crippen LogP contribution is 2.36. The van der Waals surface area contributed by atoms with Gasteiger partial charge >= 0.3 is 12.1 Å². The van der Waals surface area contributed by atoms with Gasteiger partial charge in [0.25, 0.3) is 0 Å². The molecule has 0 heterocycles. The van der Waals surface area contributed by atoms with Gasteiger partial charge in [-0.25, -0.2) is 0 Å². The van der Waals surface area contributed by atoms with E-state index in [0.717, 1.165) is 11.6 Å².